The molecule has 0 aliphatic carbocycles. The molecule has 2 aromatic rings. The van der Waals surface area contributed by atoms with Gasteiger partial charge in [-0.25, -0.2) is 4.39 Å². The van der Waals surface area contributed by atoms with E-state index >= 15 is 0 Å². The number of amides is 2. The molecule has 0 fully saturated rings. The first-order valence-corrected chi connectivity index (χ1v) is 7.24. The molecule has 0 saturated carbocycles. The van der Waals surface area contributed by atoms with E-state index in [4.69, 9.17) is 5.73 Å². The molecular weight excluding hydrogens is 348 g/mol. The highest BCUT2D eigenvalue weighted by atomic mass is 32.2. The summed E-state index contributed by atoms with van der Waals surface area (Å²) in [6.07, 6.45) is 0. The van der Waals surface area contributed by atoms with Crippen LogP contribution >= 0.6 is 11.8 Å². The Morgan fingerprint density at radius 1 is 1.04 bits per heavy atom. The van der Waals surface area contributed by atoms with Crippen molar-refractivity contribution >= 4 is 29.3 Å². The number of halogens is 4. The molecule has 3 N–H and O–H groups in total. The van der Waals surface area contributed by atoms with Gasteiger partial charge in [0.05, 0.1) is 5.56 Å². The number of hydrogen-bond acceptors (Lipinski definition) is 3. The minimum Gasteiger partial charge on any atom is -0.366 e. The van der Waals surface area contributed by atoms with Crippen molar-refractivity contribution in [2.45, 2.75) is 10.4 Å². The molecule has 24 heavy (non-hydrogen) atoms. The van der Waals surface area contributed by atoms with Gasteiger partial charge in [-0.2, -0.15) is 13.2 Å². The third-order valence-corrected chi connectivity index (χ3v) is 3.58. The summed E-state index contributed by atoms with van der Waals surface area (Å²) >= 11 is -0.293. The number of hydrogen-bond donors (Lipinski definition) is 2. The summed E-state index contributed by atoms with van der Waals surface area (Å²) in [6, 6.07) is 8.04. The van der Waals surface area contributed by atoms with E-state index in [2.05, 4.69) is 5.32 Å². The molecule has 0 saturated heterocycles. The largest absolute Gasteiger partial charge is 0.446 e. The number of primary amides is 1. The zero-order valence-corrected chi connectivity index (χ0v) is 12.7. The normalized spacial score (nSPS) is 11.2. The molecule has 0 aliphatic rings. The Morgan fingerprint density at radius 2 is 1.67 bits per heavy atom. The van der Waals surface area contributed by atoms with Crippen LogP contribution in [0.15, 0.2) is 47.4 Å². The quantitative estimate of drug-likeness (QED) is 0.645. The summed E-state index contributed by atoms with van der Waals surface area (Å²) in [6.45, 7) is 0. The molecular formula is C15H10F4N2O2S. The SMILES string of the molecule is NC(=O)c1cc(NC(=O)c2ccc(SC(F)(F)F)cc2)ccc1F. The van der Waals surface area contributed by atoms with Crippen LogP contribution in [0.3, 0.4) is 0 Å². The number of nitrogens with one attached hydrogen (secondary N) is 1. The highest BCUT2D eigenvalue weighted by Gasteiger charge is 2.29. The Kier molecular flexibility index (Phi) is 5.13. The van der Waals surface area contributed by atoms with Gasteiger partial charge in [0.25, 0.3) is 11.8 Å². The third-order valence-electron chi connectivity index (χ3n) is 2.84. The number of carbonyl (C=O) groups excluding carboxylic acids is 2. The predicted molar refractivity (Wildman–Crippen MR) is 81.2 cm³/mol. The first-order valence-electron chi connectivity index (χ1n) is 6.42. The Hall–Kier alpha value is -2.55. The summed E-state index contributed by atoms with van der Waals surface area (Å²) < 4.78 is 50.1. The average Bonchev–Trinajstić information content (AvgIpc) is 2.48. The fraction of sp³-hybridized carbons (Fsp3) is 0.0667. The van der Waals surface area contributed by atoms with Crippen LogP contribution in [-0.4, -0.2) is 17.3 Å². The molecule has 126 valence electrons. The minimum absolute atomic E-state index is 0.0585. The molecule has 0 aromatic heterocycles. The van der Waals surface area contributed by atoms with Gasteiger partial charge in [-0.3, -0.25) is 9.59 Å². The molecule has 0 radical (unpaired) electrons. The molecule has 0 heterocycles. The van der Waals surface area contributed by atoms with Crippen LogP contribution in [0, 0.1) is 5.82 Å². The van der Waals surface area contributed by atoms with Crippen LogP contribution in [0.25, 0.3) is 0 Å². The zero-order chi connectivity index (χ0) is 17.9. The van der Waals surface area contributed by atoms with Crippen molar-refractivity contribution in [1.29, 1.82) is 0 Å². The van der Waals surface area contributed by atoms with Gasteiger partial charge in [-0.05, 0) is 54.2 Å². The molecule has 4 nitrogen and oxygen atoms in total. The Morgan fingerprint density at radius 3 is 2.21 bits per heavy atom. The molecule has 0 bridgehead atoms. The molecule has 2 amide bonds. The summed E-state index contributed by atoms with van der Waals surface area (Å²) in [5, 5.41) is 2.41. The van der Waals surface area contributed by atoms with E-state index in [-0.39, 0.29) is 33.5 Å². The predicted octanol–water partition coefficient (Wildman–Crippen LogP) is 3.79. The van der Waals surface area contributed by atoms with Crippen LogP contribution < -0.4 is 11.1 Å². The molecule has 0 spiro atoms. The lowest BCUT2D eigenvalue weighted by Crippen LogP contribution is -2.16. The second-order valence-corrected chi connectivity index (χ2v) is 5.72. The van der Waals surface area contributed by atoms with Gasteiger partial charge in [0.15, 0.2) is 0 Å². The molecule has 0 atom stereocenters. The number of thioether (sulfide) groups is 1. The first kappa shape index (κ1) is 17.8. The summed E-state index contributed by atoms with van der Waals surface area (Å²) in [5.41, 5.74) is 0.440. The van der Waals surface area contributed by atoms with Crippen LogP contribution in [0.4, 0.5) is 23.2 Å². The van der Waals surface area contributed by atoms with Crippen LogP contribution in [0.1, 0.15) is 20.7 Å². The van der Waals surface area contributed by atoms with Crippen molar-refractivity contribution in [2.75, 3.05) is 5.32 Å². The van der Waals surface area contributed by atoms with Crippen LogP contribution in [0.2, 0.25) is 0 Å². The topological polar surface area (TPSA) is 72.2 Å². The van der Waals surface area contributed by atoms with Crippen molar-refractivity contribution in [2.24, 2.45) is 5.73 Å². The summed E-state index contributed by atoms with van der Waals surface area (Å²) in [5.74, 6) is -2.44. The van der Waals surface area contributed by atoms with Crippen molar-refractivity contribution in [3.8, 4) is 0 Å². The van der Waals surface area contributed by atoms with Gasteiger partial charge in [0, 0.05) is 16.1 Å². The van der Waals surface area contributed by atoms with Gasteiger partial charge in [-0.15, -0.1) is 0 Å². The van der Waals surface area contributed by atoms with E-state index in [9.17, 15) is 27.2 Å². The first-order chi connectivity index (χ1) is 11.2. The monoisotopic (exact) mass is 358 g/mol. The van der Waals surface area contributed by atoms with Gasteiger partial charge in [-0.1, -0.05) is 0 Å². The number of rotatable bonds is 4. The molecule has 0 unspecified atom stereocenters. The van der Waals surface area contributed by atoms with Crippen LogP contribution in [-0.2, 0) is 0 Å². The number of anilines is 1. The number of nitrogens with two attached hydrogens (primary N) is 1. The van der Waals surface area contributed by atoms with Crippen LogP contribution in [0.5, 0.6) is 0 Å². The molecule has 0 aliphatic heterocycles. The maximum Gasteiger partial charge on any atom is 0.446 e. The third kappa shape index (κ3) is 4.72. The standard InChI is InChI=1S/C15H10F4N2O2S/c16-12-6-3-9(7-11(12)13(20)22)21-14(23)8-1-4-10(5-2-8)24-15(17,18)19/h1-7H,(H2,20,22)(H,21,23). The maximum absolute atomic E-state index is 13.4. The second kappa shape index (κ2) is 6.91. The van der Waals surface area contributed by atoms with Crippen molar-refractivity contribution in [1.82, 2.24) is 0 Å². The average molecular weight is 358 g/mol. The van der Waals surface area contributed by atoms with E-state index in [1.807, 2.05) is 0 Å². The highest BCUT2D eigenvalue weighted by Crippen LogP contribution is 2.36. The van der Waals surface area contributed by atoms with Crippen molar-refractivity contribution < 1.29 is 27.2 Å². The summed E-state index contributed by atoms with van der Waals surface area (Å²) in [4.78, 5) is 23.0. The van der Waals surface area contributed by atoms with Gasteiger partial charge >= 0.3 is 5.51 Å². The molecule has 2 aromatic carbocycles. The van der Waals surface area contributed by atoms with E-state index < -0.39 is 23.1 Å². The summed E-state index contributed by atoms with van der Waals surface area (Å²) in [7, 11) is 0. The Bertz CT molecular complexity index is 776. The fourth-order valence-electron chi connectivity index (χ4n) is 1.80. The Labute approximate surface area is 138 Å². The number of benzene rings is 2. The zero-order valence-electron chi connectivity index (χ0n) is 11.9. The maximum atomic E-state index is 13.4. The molecule has 9 heteroatoms. The Balaban J connectivity index is 2.13. The molecule has 2 rings (SSSR count). The smallest absolute Gasteiger partial charge is 0.366 e. The van der Waals surface area contributed by atoms with E-state index in [0.29, 0.717) is 0 Å². The van der Waals surface area contributed by atoms with E-state index in [1.54, 1.807) is 0 Å². The second-order valence-electron chi connectivity index (χ2n) is 4.59. The highest BCUT2D eigenvalue weighted by molar-refractivity contribution is 8.00. The fourth-order valence-corrected chi connectivity index (χ4v) is 2.34. The lowest BCUT2D eigenvalue weighted by atomic mass is 10.1. The minimum atomic E-state index is -4.41. The van der Waals surface area contributed by atoms with Gasteiger partial charge in [0.1, 0.15) is 5.82 Å². The van der Waals surface area contributed by atoms with Crippen molar-refractivity contribution in [3.05, 3.63) is 59.4 Å². The lowest BCUT2D eigenvalue weighted by Gasteiger charge is -2.08. The number of carbonyl (C=O) groups is 2. The van der Waals surface area contributed by atoms with Gasteiger partial charge in [0.2, 0.25) is 0 Å². The van der Waals surface area contributed by atoms with Gasteiger partial charge < -0.3 is 11.1 Å². The van der Waals surface area contributed by atoms with E-state index in [1.165, 1.54) is 18.2 Å². The van der Waals surface area contributed by atoms with E-state index in [0.717, 1.165) is 24.3 Å². The van der Waals surface area contributed by atoms with Crippen molar-refractivity contribution in [3.63, 3.8) is 0 Å². The number of alkyl halides is 3. The lowest BCUT2D eigenvalue weighted by molar-refractivity contribution is -0.0328.